The summed E-state index contributed by atoms with van der Waals surface area (Å²) in [4.78, 5) is 16.7. The number of para-hydroxylation sites is 1. The van der Waals surface area contributed by atoms with Crippen molar-refractivity contribution in [3.8, 4) is 0 Å². The number of nitrogens with zero attached hydrogens (tertiary/aromatic N) is 1. The second kappa shape index (κ2) is 7.59. The third kappa shape index (κ3) is 4.32. The summed E-state index contributed by atoms with van der Waals surface area (Å²) < 4.78 is 0.957. The van der Waals surface area contributed by atoms with Crippen LogP contribution in [0.3, 0.4) is 0 Å². The number of nitrogens with one attached hydrogen (secondary N) is 2. The van der Waals surface area contributed by atoms with Gasteiger partial charge in [-0.15, -0.1) is 0 Å². The van der Waals surface area contributed by atoms with Crippen LogP contribution < -0.4 is 10.6 Å². The maximum absolute atomic E-state index is 12.4. The van der Waals surface area contributed by atoms with Gasteiger partial charge < -0.3 is 10.6 Å². The van der Waals surface area contributed by atoms with E-state index in [0.29, 0.717) is 17.4 Å². The molecule has 1 aromatic carbocycles. The van der Waals surface area contributed by atoms with Gasteiger partial charge in [0, 0.05) is 22.3 Å². The fourth-order valence-corrected chi connectivity index (χ4v) is 3.24. The van der Waals surface area contributed by atoms with E-state index in [0.717, 1.165) is 23.0 Å². The van der Waals surface area contributed by atoms with E-state index in [1.165, 1.54) is 19.3 Å². The van der Waals surface area contributed by atoms with Gasteiger partial charge >= 0.3 is 0 Å². The van der Waals surface area contributed by atoms with Gasteiger partial charge in [-0.2, -0.15) is 0 Å². The van der Waals surface area contributed by atoms with E-state index in [2.05, 4.69) is 31.5 Å². The van der Waals surface area contributed by atoms with Crippen molar-refractivity contribution in [2.45, 2.75) is 38.1 Å². The predicted molar refractivity (Wildman–Crippen MR) is 96.0 cm³/mol. The normalized spacial score (nSPS) is 15.2. The lowest BCUT2D eigenvalue weighted by Crippen LogP contribution is -2.36. The number of benzene rings is 1. The minimum absolute atomic E-state index is 0.0190. The molecule has 2 N–H and O–H groups in total. The van der Waals surface area contributed by atoms with Crippen LogP contribution >= 0.6 is 15.9 Å². The van der Waals surface area contributed by atoms with Crippen molar-refractivity contribution >= 4 is 33.3 Å². The molecule has 1 heterocycles. The Hall–Kier alpha value is -1.88. The third-order valence-corrected chi connectivity index (χ3v) is 4.79. The molecule has 2 aromatic rings. The van der Waals surface area contributed by atoms with Gasteiger partial charge in [0.25, 0.3) is 5.91 Å². The highest BCUT2D eigenvalue weighted by molar-refractivity contribution is 9.10. The summed E-state index contributed by atoms with van der Waals surface area (Å²) in [6, 6.07) is 11.7. The molecule has 0 bridgehead atoms. The molecule has 1 fully saturated rings. The third-order valence-electron chi connectivity index (χ3n) is 4.10. The number of carbonyl (C=O) groups is 1. The molecule has 23 heavy (non-hydrogen) atoms. The molecule has 0 aliphatic heterocycles. The topological polar surface area (TPSA) is 54.0 Å². The van der Waals surface area contributed by atoms with E-state index in [4.69, 9.17) is 0 Å². The van der Waals surface area contributed by atoms with Crippen LogP contribution in [-0.2, 0) is 0 Å². The average Bonchev–Trinajstić information content (AvgIpc) is 2.58. The first kappa shape index (κ1) is 16.0. The molecule has 3 rings (SSSR count). The standard InChI is InChI=1S/C18H20BrN3O/c19-15-8-4-5-9-16(15)22-17-12-13(10-11-20-17)18(23)21-14-6-2-1-3-7-14/h4-5,8-12,14H,1-3,6-7H2,(H,20,22)(H,21,23). The lowest BCUT2D eigenvalue weighted by Gasteiger charge is -2.22. The van der Waals surface area contributed by atoms with E-state index in [1.54, 1.807) is 18.3 Å². The van der Waals surface area contributed by atoms with Gasteiger partial charge in [-0.1, -0.05) is 31.4 Å². The van der Waals surface area contributed by atoms with Crippen molar-refractivity contribution in [1.29, 1.82) is 0 Å². The lowest BCUT2D eigenvalue weighted by atomic mass is 9.95. The van der Waals surface area contributed by atoms with Crippen LogP contribution in [-0.4, -0.2) is 16.9 Å². The van der Waals surface area contributed by atoms with Crippen LogP contribution in [0.15, 0.2) is 47.1 Å². The second-order valence-electron chi connectivity index (χ2n) is 5.84. The number of rotatable bonds is 4. The monoisotopic (exact) mass is 373 g/mol. The molecule has 1 amide bonds. The highest BCUT2D eigenvalue weighted by Crippen LogP contribution is 2.24. The number of amides is 1. The summed E-state index contributed by atoms with van der Waals surface area (Å²) in [7, 11) is 0. The highest BCUT2D eigenvalue weighted by Gasteiger charge is 2.17. The van der Waals surface area contributed by atoms with Gasteiger partial charge in [-0.25, -0.2) is 4.98 Å². The summed E-state index contributed by atoms with van der Waals surface area (Å²) in [5.41, 5.74) is 1.56. The Bertz CT molecular complexity index is 683. The van der Waals surface area contributed by atoms with Crippen LogP contribution in [0.5, 0.6) is 0 Å². The Kier molecular flexibility index (Phi) is 5.28. The van der Waals surface area contributed by atoms with Crippen LogP contribution in [0.1, 0.15) is 42.5 Å². The van der Waals surface area contributed by atoms with Crippen LogP contribution in [0.4, 0.5) is 11.5 Å². The van der Waals surface area contributed by atoms with Crippen molar-refractivity contribution in [1.82, 2.24) is 10.3 Å². The fourth-order valence-electron chi connectivity index (χ4n) is 2.86. The Balaban J connectivity index is 1.69. The summed E-state index contributed by atoms with van der Waals surface area (Å²) in [6.45, 7) is 0. The Morgan fingerprint density at radius 2 is 1.91 bits per heavy atom. The van der Waals surface area contributed by atoms with E-state index >= 15 is 0 Å². The number of halogens is 1. The zero-order valence-electron chi connectivity index (χ0n) is 12.9. The zero-order valence-corrected chi connectivity index (χ0v) is 14.5. The number of aromatic nitrogens is 1. The molecule has 1 aromatic heterocycles. The number of hydrogen-bond donors (Lipinski definition) is 2. The molecule has 0 spiro atoms. The smallest absolute Gasteiger partial charge is 0.251 e. The van der Waals surface area contributed by atoms with Gasteiger partial charge in [0.2, 0.25) is 0 Å². The van der Waals surface area contributed by atoms with Gasteiger partial charge in [-0.05, 0) is 53.0 Å². The van der Waals surface area contributed by atoms with Gasteiger partial charge in [0.1, 0.15) is 5.82 Å². The van der Waals surface area contributed by atoms with Crippen LogP contribution in [0.2, 0.25) is 0 Å². The summed E-state index contributed by atoms with van der Waals surface area (Å²) in [6.07, 6.45) is 7.51. The Labute approximate surface area is 144 Å². The van der Waals surface area contributed by atoms with Crippen molar-refractivity contribution in [3.63, 3.8) is 0 Å². The summed E-state index contributed by atoms with van der Waals surface area (Å²) >= 11 is 3.50. The first-order valence-corrected chi connectivity index (χ1v) is 8.80. The molecule has 1 aliphatic rings. The van der Waals surface area contributed by atoms with E-state index in [9.17, 15) is 4.79 Å². The van der Waals surface area contributed by atoms with Crippen molar-refractivity contribution in [2.24, 2.45) is 0 Å². The van der Waals surface area contributed by atoms with Crippen LogP contribution in [0, 0.1) is 0 Å². The molecular weight excluding hydrogens is 354 g/mol. The van der Waals surface area contributed by atoms with E-state index < -0.39 is 0 Å². The molecular formula is C18H20BrN3O. The molecule has 1 aliphatic carbocycles. The minimum Gasteiger partial charge on any atom is -0.349 e. The second-order valence-corrected chi connectivity index (χ2v) is 6.70. The largest absolute Gasteiger partial charge is 0.349 e. The molecule has 120 valence electrons. The molecule has 4 nitrogen and oxygen atoms in total. The lowest BCUT2D eigenvalue weighted by molar-refractivity contribution is 0.0927. The number of hydrogen-bond acceptors (Lipinski definition) is 3. The highest BCUT2D eigenvalue weighted by atomic mass is 79.9. The van der Waals surface area contributed by atoms with Crippen molar-refractivity contribution in [3.05, 3.63) is 52.6 Å². The van der Waals surface area contributed by atoms with Gasteiger partial charge in [-0.3, -0.25) is 4.79 Å². The number of carbonyl (C=O) groups excluding carboxylic acids is 1. The zero-order chi connectivity index (χ0) is 16.1. The van der Waals surface area contributed by atoms with Gasteiger partial charge in [0.05, 0.1) is 5.69 Å². The molecule has 0 radical (unpaired) electrons. The van der Waals surface area contributed by atoms with E-state index in [-0.39, 0.29) is 5.91 Å². The van der Waals surface area contributed by atoms with Crippen molar-refractivity contribution in [2.75, 3.05) is 5.32 Å². The quantitative estimate of drug-likeness (QED) is 0.819. The Morgan fingerprint density at radius 1 is 1.13 bits per heavy atom. The molecule has 5 heteroatoms. The minimum atomic E-state index is -0.0190. The maximum Gasteiger partial charge on any atom is 0.251 e. The van der Waals surface area contributed by atoms with Gasteiger partial charge in [0.15, 0.2) is 0 Å². The number of anilines is 2. The Morgan fingerprint density at radius 3 is 2.70 bits per heavy atom. The summed E-state index contributed by atoms with van der Waals surface area (Å²) in [5.74, 6) is 0.641. The first-order valence-electron chi connectivity index (χ1n) is 8.01. The van der Waals surface area contributed by atoms with E-state index in [1.807, 2.05) is 24.3 Å². The summed E-state index contributed by atoms with van der Waals surface area (Å²) in [5, 5.41) is 6.37. The SMILES string of the molecule is O=C(NC1CCCCC1)c1ccnc(Nc2ccccc2Br)c1. The van der Waals surface area contributed by atoms with Crippen LogP contribution in [0.25, 0.3) is 0 Å². The van der Waals surface area contributed by atoms with Crippen molar-refractivity contribution < 1.29 is 4.79 Å². The predicted octanol–water partition coefficient (Wildman–Crippen LogP) is 4.65. The maximum atomic E-state index is 12.4. The molecule has 0 atom stereocenters. The average molecular weight is 374 g/mol. The number of pyridine rings is 1. The molecule has 1 saturated carbocycles. The fraction of sp³-hybridized carbons (Fsp3) is 0.333. The molecule has 0 unspecified atom stereocenters. The first-order chi connectivity index (χ1) is 11.2. The molecule has 0 saturated heterocycles.